The minimum Gasteiger partial charge on any atom is -0.454 e. The summed E-state index contributed by atoms with van der Waals surface area (Å²) in [5.74, 6) is 1.11. The maximum atomic E-state index is 12.3. The Labute approximate surface area is 162 Å². The highest BCUT2D eigenvalue weighted by atomic mass is 32.2. The molecule has 136 valence electrons. The molecule has 0 saturated heterocycles. The van der Waals surface area contributed by atoms with Crippen LogP contribution in [0.4, 0.5) is 5.13 Å². The molecular formula is C18H13N3O4S2. The number of anilines is 1. The molecule has 1 aromatic heterocycles. The van der Waals surface area contributed by atoms with Gasteiger partial charge in [0.15, 0.2) is 21.6 Å². The second kappa shape index (κ2) is 7.77. The van der Waals surface area contributed by atoms with E-state index in [0.29, 0.717) is 32.1 Å². The number of carbonyl (C=O) groups is 2. The molecule has 1 aliphatic heterocycles. The lowest BCUT2D eigenvalue weighted by molar-refractivity contribution is 0.101. The molecule has 1 N–H and O–H groups in total. The molecule has 27 heavy (non-hydrogen) atoms. The van der Waals surface area contributed by atoms with Crippen molar-refractivity contribution in [1.82, 2.24) is 10.2 Å². The Balaban J connectivity index is 1.35. The highest BCUT2D eigenvalue weighted by molar-refractivity contribution is 8.01. The van der Waals surface area contributed by atoms with E-state index in [2.05, 4.69) is 15.5 Å². The van der Waals surface area contributed by atoms with Gasteiger partial charge >= 0.3 is 0 Å². The number of aromatic nitrogens is 2. The number of thioether (sulfide) groups is 1. The van der Waals surface area contributed by atoms with Crippen molar-refractivity contribution in [3.8, 4) is 11.5 Å². The van der Waals surface area contributed by atoms with Crippen LogP contribution in [-0.2, 0) is 0 Å². The first-order chi connectivity index (χ1) is 13.2. The van der Waals surface area contributed by atoms with E-state index in [-0.39, 0.29) is 24.2 Å². The third kappa shape index (κ3) is 4.09. The van der Waals surface area contributed by atoms with Crippen LogP contribution in [0.2, 0.25) is 0 Å². The average Bonchev–Trinajstić information content (AvgIpc) is 3.35. The van der Waals surface area contributed by atoms with E-state index in [9.17, 15) is 9.59 Å². The molecule has 2 heterocycles. The lowest BCUT2D eigenvalue weighted by Gasteiger charge is -2.02. The van der Waals surface area contributed by atoms with E-state index in [1.807, 2.05) is 18.2 Å². The van der Waals surface area contributed by atoms with E-state index < -0.39 is 0 Å². The van der Waals surface area contributed by atoms with Gasteiger partial charge in [0.1, 0.15) is 0 Å². The Hall–Kier alpha value is -2.91. The highest BCUT2D eigenvalue weighted by Crippen LogP contribution is 2.33. The summed E-state index contributed by atoms with van der Waals surface area (Å²) in [6.45, 7) is 0.152. The Bertz CT molecular complexity index is 991. The Morgan fingerprint density at radius 1 is 1.04 bits per heavy atom. The number of fused-ring (bicyclic) bond motifs is 1. The fraction of sp³-hybridized carbons (Fsp3) is 0.111. The molecule has 0 fully saturated rings. The van der Waals surface area contributed by atoms with Gasteiger partial charge in [0.2, 0.25) is 11.9 Å². The fourth-order valence-electron chi connectivity index (χ4n) is 2.36. The van der Waals surface area contributed by atoms with Crippen LogP contribution in [0.3, 0.4) is 0 Å². The number of amides is 1. The molecule has 0 aliphatic carbocycles. The Morgan fingerprint density at radius 2 is 1.85 bits per heavy atom. The molecule has 0 radical (unpaired) electrons. The number of Topliss-reactive ketones (excluding diaryl/α,β-unsaturated/α-hetero) is 1. The van der Waals surface area contributed by atoms with Gasteiger partial charge in [-0.1, -0.05) is 53.4 Å². The van der Waals surface area contributed by atoms with Crippen molar-refractivity contribution >= 4 is 39.9 Å². The monoisotopic (exact) mass is 399 g/mol. The van der Waals surface area contributed by atoms with Crippen molar-refractivity contribution in [3.05, 3.63) is 59.7 Å². The topological polar surface area (TPSA) is 90.4 Å². The van der Waals surface area contributed by atoms with Gasteiger partial charge in [0, 0.05) is 11.1 Å². The lowest BCUT2D eigenvalue weighted by Crippen LogP contribution is -2.11. The second-order valence-electron chi connectivity index (χ2n) is 5.47. The zero-order chi connectivity index (χ0) is 18.6. The minimum atomic E-state index is -0.318. The number of hydrogen-bond acceptors (Lipinski definition) is 8. The first-order valence-corrected chi connectivity index (χ1v) is 9.75. The quantitative estimate of drug-likeness (QED) is 0.385. The van der Waals surface area contributed by atoms with Gasteiger partial charge < -0.3 is 9.47 Å². The van der Waals surface area contributed by atoms with Crippen LogP contribution in [-0.4, -0.2) is 34.4 Å². The van der Waals surface area contributed by atoms with Gasteiger partial charge in [0.25, 0.3) is 5.91 Å². The van der Waals surface area contributed by atoms with Gasteiger partial charge in [-0.05, 0) is 18.2 Å². The van der Waals surface area contributed by atoms with Crippen LogP contribution in [0.15, 0.2) is 52.9 Å². The molecule has 1 aliphatic rings. The summed E-state index contributed by atoms with van der Waals surface area (Å²) in [5, 5.41) is 11.0. The van der Waals surface area contributed by atoms with E-state index >= 15 is 0 Å². The van der Waals surface area contributed by atoms with Crippen molar-refractivity contribution < 1.29 is 19.1 Å². The normalized spacial score (nSPS) is 12.0. The molecule has 2 aromatic carbocycles. The van der Waals surface area contributed by atoms with E-state index in [1.54, 1.807) is 30.3 Å². The lowest BCUT2D eigenvalue weighted by atomic mass is 10.2. The van der Waals surface area contributed by atoms with Crippen molar-refractivity contribution in [3.63, 3.8) is 0 Å². The fourth-order valence-corrected chi connectivity index (χ4v) is 4.00. The number of ether oxygens (including phenoxy) is 2. The molecule has 0 saturated carbocycles. The largest absolute Gasteiger partial charge is 0.454 e. The maximum absolute atomic E-state index is 12.3. The van der Waals surface area contributed by atoms with Gasteiger partial charge in [-0.25, -0.2) is 0 Å². The smallest absolute Gasteiger partial charge is 0.257 e. The number of benzene rings is 2. The predicted molar refractivity (Wildman–Crippen MR) is 102 cm³/mol. The van der Waals surface area contributed by atoms with Crippen LogP contribution in [0.25, 0.3) is 0 Å². The van der Waals surface area contributed by atoms with Crippen molar-refractivity contribution in [1.29, 1.82) is 0 Å². The summed E-state index contributed by atoms with van der Waals surface area (Å²) in [5.41, 5.74) is 1.09. The summed E-state index contributed by atoms with van der Waals surface area (Å²) in [7, 11) is 0. The molecule has 1 amide bonds. The highest BCUT2D eigenvalue weighted by Gasteiger charge is 2.17. The van der Waals surface area contributed by atoms with Crippen LogP contribution >= 0.6 is 23.1 Å². The number of nitrogens with zero attached hydrogens (tertiary/aromatic N) is 2. The Morgan fingerprint density at radius 3 is 2.70 bits per heavy atom. The number of nitrogens with one attached hydrogen (secondary N) is 1. The first kappa shape index (κ1) is 17.5. The van der Waals surface area contributed by atoms with Crippen molar-refractivity contribution in [2.45, 2.75) is 4.34 Å². The predicted octanol–water partition coefficient (Wildman–Crippen LogP) is 3.49. The number of ketones is 1. The number of hydrogen-bond donors (Lipinski definition) is 1. The first-order valence-electron chi connectivity index (χ1n) is 7.94. The SMILES string of the molecule is O=C(CSc1nnc(NC(=O)c2ccc3c(c2)OCO3)s1)c1ccccc1. The van der Waals surface area contributed by atoms with E-state index in [4.69, 9.17) is 9.47 Å². The third-order valence-electron chi connectivity index (χ3n) is 3.68. The molecule has 0 atom stereocenters. The summed E-state index contributed by atoms with van der Waals surface area (Å²) in [6, 6.07) is 14.0. The number of carbonyl (C=O) groups excluding carboxylic acids is 2. The van der Waals surface area contributed by atoms with Crippen molar-refractivity contribution in [2.24, 2.45) is 0 Å². The average molecular weight is 399 g/mol. The summed E-state index contributed by atoms with van der Waals surface area (Å²) in [4.78, 5) is 24.5. The molecule has 0 bridgehead atoms. The number of rotatable bonds is 6. The van der Waals surface area contributed by atoms with Crippen molar-refractivity contribution in [2.75, 3.05) is 17.9 Å². The summed E-state index contributed by atoms with van der Waals surface area (Å²) < 4.78 is 11.1. The summed E-state index contributed by atoms with van der Waals surface area (Å²) in [6.07, 6.45) is 0. The van der Waals surface area contributed by atoms with Gasteiger partial charge in [-0.3, -0.25) is 14.9 Å². The molecule has 7 nitrogen and oxygen atoms in total. The molecular weight excluding hydrogens is 386 g/mol. The maximum Gasteiger partial charge on any atom is 0.257 e. The molecule has 9 heteroatoms. The summed E-state index contributed by atoms with van der Waals surface area (Å²) >= 11 is 2.51. The molecule has 3 aromatic rings. The van der Waals surface area contributed by atoms with Crippen LogP contribution in [0, 0.1) is 0 Å². The van der Waals surface area contributed by atoms with Gasteiger partial charge in [-0.15, -0.1) is 10.2 Å². The molecule has 0 unspecified atom stereocenters. The van der Waals surface area contributed by atoms with E-state index in [1.165, 1.54) is 23.1 Å². The zero-order valence-electron chi connectivity index (χ0n) is 13.9. The minimum absolute atomic E-state index is 0.0155. The van der Waals surface area contributed by atoms with Gasteiger partial charge in [-0.2, -0.15) is 0 Å². The van der Waals surface area contributed by atoms with Crippen LogP contribution in [0.5, 0.6) is 11.5 Å². The zero-order valence-corrected chi connectivity index (χ0v) is 15.5. The van der Waals surface area contributed by atoms with Crippen LogP contribution < -0.4 is 14.8 Å². The van der Waals surface area contributed by atoms with Gasteiger partial charge in [0.05, 0.1) is 5.75 Å². The molecule has 4 rings (SSSR count). The van der Waals surface area contributed by atoms with Crippen LogP contribution in [0.1, 0.15) is 20.7 Å². The standard InChI is InChI=1S/C18H13N3O4S2/c22-13(11-4-2-1-3-5-11)9-26-18-21-20-17(27-18)19-16(23)12-6-7-14-15(8-12)25-10-24-14/h1-8H,9-10H2,(H,19,20,23). The Kier molecular flexibility index (Phi) is 5.03. The van der Waals surface area contributed by atoms with E-state index in [0.717, 1.165) is 0 Å². The molecule has 0 spiro atoms. The third-order valence-corrected chi connectivity index (χ3v) is 5.66. The second-order valence-corrected chi connectivity index (χ2v) is 7.67.